The summed E-state index contributed by atoms with van der Waals surface area (Å²) in [5, 5.41) is 14.9. The second-order valence-corrected chi connectivity index (χ2v) is 6.34. The molecule has 1 N–H and O–H groups in total. The minimum atomic E-state index is -0.361. The first-order valence-corrected chi connectivity index (χ1v) is 8.94. The van der Waals surface area contributed by atoms with Crippen molar-refractivity contribution in [1.82, 2.24) is 20.2 Å². The summed E-state index contributed by atoms with van der Waals surface area (Å²) in [7, 11) is 0. The Morgan fingerprint density at radius 3 is 2.50 bits per heavy atom. The molecule has 2 aromatic carbocycles. The van der Waals surface area contributed by atoms with Crippen LogP contribution in [-0.4, -0.2) is 52.4 Å². The van der Waals surface area contributed by atoms with Crippen molar-refractivity contribution in [2.45, 2.75) is 6.54 Å². The van der Waals surface area contributed by atoms with Gasteiger partial charge in [-0.15, -0.1) is 10.2 Å². The number of tetrazole rings is 1. The Balaban J connectivity index is 1.38. The quantitative estimate of drug-likeness (QED) is 0.726. The highest BCUT2D eigenvalue weighted by atomic mass is 19.1. The van der Waals surface area contributed by atoms with Crippen LogP contribution >= 0.6 is 0 Å². The highest BCUT2D eigenvalue weighted by Gasteiger charge is 2.13. The molecule has 1 amide bonds. The molecule has 3 aromatic rings. The Labute approximate surface area is 160 Å². The van der Waals surface area contributed by atoms with E-state index in [0.717, 1.165) is 37.6 Å². The lowest BCUT2D eigenvalue weighted by Crippen LogP contribution is -2.36. The predicted molar refractivity (Wildman–Crippen MR) is 101 cm³/mol. The van der Waals surface area contributed by atoms with E-state index in [1.807, 2.05) is 24.3 Å². The molecule has 1 aromatic heterocycles. The zero-order valence-corrected chi connectivity index (χ0v) is 15.1. The van der Waals surface area contributed by atoms with Crippen LogP contribution in [0.1, 0.15) is 0 Å². The number of morpholine rings is 1. The smallest absolute Gasteiger partial charge is 0.248 e. The average Bonchev–Trinajstić information content (AvgIpc) is 3.19. The predicted octanol–water partition coefficient (Wildman–Crippen LogP) is 1.95. The van der Waals surface area contributed by atoms with Crippen molar-refractivity contribution in [1.29, 1.82) is 0 Å². The van der Waals surface area contributed by atoms with Gasteiger partial charge in [0.25, 0.3) is 0 Å². The van der Waals surface area contributed by atoms with E-state index in [4.69, 9.17) is 4.74 Å². The lowest BCUT2D eigenvalue weighted by Gasteiger charge is -2.28. The molecular formula is C19H19FN6O2. The molecule has 0 aliphatic carbocycles. The van der Waals surface area contributed by atoms with Crippen LogP contribution in [-0.2, 0) is 16.1 Å². The second kappa shape index (κ2) is 8.13. The summed E-state index contributed by atoms with van der Waals surface area (Å²) in [6.45, 7) is 3.12. The van der Waals surface area contributed by atoms with Crippen molar-refractivity contribution in [2.75, 3.05) is 36.5 Å². The largest absolute Gasteiger partial charge is 0.378 e. The monoisotopic (exact) mass is 382 g/mol. The number of carbonyl (C=O) groups excluding carboxylic acids is 1. The molecule has 1 fully saturated rings. The maximum Gasteiger partial charge on any atom is 0.248 e. The van der Waals surface area contributed by atoms with Gasteiger partial charge in [0.2, 0.25) is 11.7 Å². The molecule has 9 heteroatoms. The molecule has 1 aliphatic heterocycles. The van der Waals surface area contributed by atoms with E-state index in [0.29, 0.717) is 11.5 Å². The van der Waals surface area contributed by atoms with Gasteiger partial charge in [-0.3, -0.25) is 4.79 Å². The maximum atomic E-state index is 12.9. The zero-order valence-electron chi connectivity index (χ0n) is 15.1. The van der Waals surface area contributed by atoms with Gasteiger partial charge in [-0.25, -0.2) is 4.39 Å². The van der Waals surface area contributed by atoms with Crippen LogP contribution in [0.4, 0.5) is 15.8 Å². The molecule has 8 nitrogen and oxygen atoms in total. The number of rotatable bonds is 5. The van der Waals surface area contributed by atoms with Gasteiger partial charge in [-0.2, -0.15) is 4.80 Å². The summed E-state index contributed by atoms with van der Waals surface area (Å²) in [6, 6.07) is 13.4. The van der Waals surface area contributed by atoms with E-state index >= 15 is 0 Å². The van der Waals surface area contributed by atoms with E-state index < -0.39 is 0 Å². The third kappa shape index (κ3) is 4.32. The summed E-state index contributed by atoms with van der Waals surface area (Å²) in [5.74, 6) is -0.235. The summed E-state index contributed by atoms with van der Waals surface area (Å²) >= 11 is 0. The minimum absolute atomic E-state index is 0.0871. The Kier molecular flexibility index (Phi) is 5.24. The lowest BCUT2D eigenvalue weighted by atomic mass is 10.2. The van der Waals surface area contributed by atoms with Gasteiger partial charge in [0, 0.05) is 30.0 Å². The van der Waals surface area contributed by atoms with Gasteiger partial charge in [-0.1, -0.05) is 0 Å². The van der Waals surface area contributed by atoms with Crippen molar-refractivity contribution < 1.29 is 13.9 Å². The molecule has 0 bridgehead atoms. The first-order chi connectivity index (χ1) is 13.7. The molecule has 1 saturated heterocycles. The number of amides is 1. The fourth-order valence-electron chi connectivity index (χ4n) is 2.93. The lowest BCUT2D eigenvalue weighted by molar-refractivity contribution is -0.117. The molecule has 0 radical (unpaired) electrons. The van der Waals surface area contributed by atoms with Crippen molar-refractivity contribution in [3.8, 4) is 11.4 Å². The van der Waals surface area contributed by atoms with Crippen molar-refractivity contribution in [3.05, 3.63) is 54.3 Å². The number of anilines is 2. The van der Waals surface area contributed by atoms with Crippen molar-refractivity contribution in [2.24, 2.45) is 0 Å². The first-order valence-electron chi connectivity index (χ1n) is 8.94. The SMILES string of the molecule is O=C(Cn1nnc(-c2ccc(N3CCOCC3)cc2)n1)Nc1ccc(F)cc1. The summed E-state index contributed by atoms with van der Waals surface area (Å²) in [6.07, 6.45) is 0. The third-order valence-corrected chi connectivity index (χ3v) is 4.37. The van der Waals surface area contributed by atoms with E-state index in [2.05, 4.69) is 25.6 Å². The summed E-state index contributed by atoms with van der Waals surface area (Å²) < 4.78 is 18.3. The molecule has 0 unspecified atom stereocenters. The zero-order chi connectivity index (χ0) is 19.3. The van der Waals surface area contributed by atoms with Gasteiger partial charge in [0.15, 0.2) is 0 Å². The number of hydrogen-bond acceptors (Lipinski definition) is 6. The number of benzene rings is 2. The molecule has 4 rings (SSSR count). The van der Waals surface area contributed by atoms with E-state index in [9.17, 15) is 9.18 Å². The van der Waals surface area contributed by atoms with Gasteiger partial charge in [-0.05, 0) is 53.7 Å². The molecule has 2 heterocycles. The standard InChI is InChI=1S/C19H19FN6O2/c20-15-3-5-16(6-4-15)21-18(27)13-26-23-19(22-24-26)14-1-7-17(8-2-14)25-9-11-28-12-10-25/h1-8H,9-13H2,(H,21,27). The Bertz CT molecular complexity index is 936. The summed E-state index contributed by atoms with van der Waals surface area (Å²) in [5.41, 5.74) is 2.45. The van der Waals surface area contributed by atoms with Crippen LogP contribution in [0.15, 0.2) is 48.5 Å². The minimum Gasteiger partial charge on any atom is -0.378 e. The molecule has 0 spiro atoms. The number of carbonyl (C=O) groups is 1. The number of nitrogens with one attached hydrogen (secondary N) is 1. The van der Waals surface area contributed by atoms with Crippen LogP contribution in [0.2, 0.25) is 0 Å². The number of halogens is 1. The van der Waals surface area contributed by atoms with Gasteiger partial charge in [0.05, 0.1) is 13.2 Å². The van der Waals surface area contributed by atoms with Crippen molar-refractivity contribution in [3.63, 3.8) is 0 Å². The topological polar surface area (TPSA) is 85.2 Å². The molecule has 0 saturated carbocycles. The maximum absolute atomic E-state index is 12.9. The molecule has 28 heavy (non-hydrogen) atoms. The van der Waals surface area contributed by atoms with Crippen LogP contribution < -0.4 is 10.2 Å². The van der Waals surface area contributed by atoms with E-state index in [-0.39, 0.29) is 18.3 Å². The van der Waals surface area contributed by atoms with E-state index in [1.165, 1.54) is 29.1 Å². The van der Waals surface area contributed by atoms with Crippen LogP contribution in [0.25, 0.3) is 11.4 Å². The number of ether oxygens (including phenoxy) is 1. The number of nitrogens with zero attached hydrogens (tertiary/aromatic N) is 5. The number of hydrogen-bond donors (Lipinski definition) is 1. The third-order valence-electron chi connectivity index (χ3n) is 4.37. The Morgan fingerprint density at radius 1 is 1.07 bits per heavy atom. The number of aromatic nitrogens is 4. The molecule has 0 atom stereocenters. The van der Waals surface area contributed by atoms with Gasteiger partial charge < -0.3 is 15.0 Å². The normalized spacial score (nSPS) is 14.1. The van der Waals surface area contributed by atoms with Gasteiger partial charge >= 0.3 is 0 Å². The van der Waals surface area contributed by atoms with Crippen molar-refractivity contribution >= 4 is 17.3 Å². The van der Waals surface area contributed by atoms with Crippen LogP contribution in [0.3, 0.4) is 0 Å². The molecular weight excluding hydrogens is 363 g/mol. The fraction of sp³-hybridized carbons (Fsp3) is 0.263. The molecule has 1 aliphatic rings. The molecule has 144 valence electrons. The Hall–Kier alpha value is -3.33. The van der Waals surface area contributed by atoms with Gasteiger partial charge in [0.1, 0.15) is 12.4 Å². The fourth-order valence-corrected chi connectivity index (χ4v) is 2.93. The Morgan fingerprint density at radius 2 is 1.79 bits per heavy atom. The highest BCUT2D eigenvalue weighted by Crippen LogP contribution is 2.21. The average molecular weight is 382 g/mol. The van der Waals surface area contributed by atoms with Crippen LogP contribution in [0, 0.1) is 5.82 Å². The van der Waals surface area contributed by atoms with Crippen LogP contribution in [0.5, 0.6) is 0 Å². The first kappa shape index (κ1) is 18.1. The highest BCUT2D eigenvalue weighted by molar-refractivity contribution is 5.90. The van der Waals surface area contributed by atoms with E-state index in [1.54, 1.807) is 0 Å². The summed E-state index contributed by atoms with van der Waals surface area (Å²) in [4.78, 5) is 15.6. The second-order valence-electron chi connectivity index (χ2n) is 6.34.